The number of aromatic nitrogens is 2. The molecule has 0 spiro atoms. The first kappa shape index (κ1) is 13.0. The standard InChI is InChI=1S/C12H14N4O3/c1-19-12-5-9(4-11(6-12)16(17)18)10-7-14-15(8-10)3-2-13/h4-8H,2-3,13H2,1H3. The van der Waals surface area contributed by atoms with Crippen LogP contribution in [-0.4, -0.2) is 28.4 Å². The minimum Gasteiger partial charge on any atom is -0.496 e. The van der Waals surface area contributed by atoms with E-state index in [4.69, 9.17) is 10.5 Å². The van der Waals surface area contributed by atoms with Crippen molar-refractivity contribution in [3.8, 4) is 16.9 Å². The van der Waals surface area contributed by atoms with Gasteiger partial charge in [0.2, 0.25) is 0 Å². The van der Waals surface area contributed by atoms with E-state index < -0.39 is 4.92 Å². The van der Waals surface area contributed by atoms with Gasteiger partial charge in [-0.3, -0.25) is 14.8 Å². The summed E-state index contributed by atoms with van der Waals surface area (Å²) < 4.78 is 6.76. The summed E-state index contributed by atoms with van der Waals surface area (Å²) in [5.41, 5.74) is 6.91. The number of methoxy groups -OCH3 is 1. The van der Waals surface area contributed by atoms with Crippen LogP contribution in [0, 0.1) is 10.1 Å². The molecule has 0 atom stereocenters. The number of nitro groups is 1. The van der Waals surface area contributed by atoms with Crippen LogP contribution in [-0.2, 0) is 6.54 Å². The fourth-order valence-corrected chi connectivity index (χ4v) is 1.74. The zero-order chi connectivity index (χ0) is 13.8. The summed E-state index contributed by atoms with van der Waals surface area (Å²) in [5.74, 6) is 0.441. The van der Waals surface area contributed by atoms with Crippen molar-refractivity contribution in [2.45, 2.75) is 6.54 Å². The van der Waals surface area contributed by atoms with Gasteiger partial charge in [-0.1, -0.05) is 0 Å². The molecule has 0 aliphatic carbocycles. The Hall–Kier alpha value is -2.41. The molecule has 7 heteroatoms. The summed E-state index contributed by atoms with van der Waals surface area (Å²) in [5, 5.41) is 15.0. The normalized spacial score (nSPS) is 10.4. The van der Waals surface area contributed by atoms with Gasteiger partial charge in [-0.05, 0) is 11.6 Å². The number of nitrogens with zero attached hydrogens (tertiary/aromatic N) is 3. The van der Waals surface area contributed by atoms with Crippen LogP contribution in [0.15, 0.2) is 30.6 Å². The molecule has 1 aromatic heterocycles. The third kappa shape index (κ3) is 2.89. The molecule has 0 radical (unpaired) electrons. The summed E-state index contributed by atoms with van der Waals surface area (Å²) in [7, 11) is 1.47. The predicted octanol–water partition coefficient (Wildman–Crippen LogP) is 1.43. The van der Waals surface area contributed by atoms with Gasteiger partial charge in [0, 0.05) is 24.4 Å². The van der Waals surface area contributed by atoms with E-state index in [0.717, 1.165) is 5.56 Å². The Bertz CT molecular complexity index is 594. The van der Waals surface area contributed by atoms with Crippen molar-refractivity contribution >= 4 is 5.69 Å². The van der Waals surface area contributed by atoms with E-state index in [1.165, 1.54) is 19.2 Å². The van der Waals surface area contributed by atoms with Crippen LogP contribution in [0.3, 0.4) is 0 Å². The molecular formula is C12H14N4O3. The highest BCUT2D eigenvalue weighted by molar-refractivity contribution is 5.67. The van der Waals surface area contributed by atoms with Crippen molar-refractivity contribution in [3.05, 3.63) is 40.7 Å². The molecule has 0 unspecified atom stereocenters. The van der Waals surface area contributed by atoms with E-state index in [1.54, 1.807) is 23.1 Å². The number of hydrogen-bond donors (Lipinski definition) is 1. The van der Waals surface area contributed by atoms with E-state index >= 15 is 0 Å². The number of nitro benzene ring substituents is 1. The lowest BCUT2D eigenvalue weighted by Gasteiger charge is -2.03. The Balaban J connectivity index is 2.42. The average molecular weight is 262 g/mol. The van der Waals surface area contributed by atoms with Gasteiger partial charge in [0.25, 0.3) is 5.69 Å². The fraction of sp³-hybridized carbons (Fsp3) is 0.250. The molecule has 19 heavy (non-hydrogen) atoms. The summed E-state index contributed by atoms with van der Waals surface area (Å²) in [6, 6.07) is 4.61. The molecule has 2 aromatic rings. The Labute approximate surface area is 109 Å². The number of non-ortho nitro benzene ring substituents is 1. The van der Waals surface area contributed by atoms with Crippen molar-refractivity contribution in [1.29, 1.82) is 0 Å². The smallest absolute Gasteiger partial charge is 0.273 e. The highest BCUT2D eigenvalue weighted by Gasteiger charge is 2.12. The van der Waals surface area contributed by atoms with Gasteiger partial charge >= 0.3 is 0 Å². The third-order valence-corrected chi connectivity index (χ3v) is 2.66. The quantitative estimate of drug-likeness (QED) is 0.649. The summed E-state index contributed by atoms with van der Waals surface area (Å²) in [6.45, 7) is 1.09. The van der Waals surface area contributed by atoms with Gasteiger partial charge in [0.05, 0.1) is 30.8 Å². The number of rotatable bonds is 5. The van der Waals surface area contributed by atoms with E-state index in [0.29, 0.717) is 24.4 Å². The van der Waals surface area contributed by atoms with E-state index in [1.807, 2.05) is 0 Å². The zero-order valence-corrected chi connectivity index (χ0v) is 10.4. The molecule has 1 heterocycles. The Morgan fingerprint density at radius 3 is 2.84 bits per heavy atom. The first-order valence-electron chi connectivity index (χ1n) is 5.70. The molecule has 1 aromatic carbocycles. The molecular weight excluding hydrogens is 248 g/mol. The van der Waals surface area contributed by atoms with Crippen molar-refractivity contribution in [3.63, 3.8) is 0 Å². The fourth-order valence-electron chi connectivity index (χ4n) is 1.74. The zero-order valence-electron chi connectivity index (χ0n) is 10.4. The second kappa shape index (κ2) is 5.49. The molecule has 0 amide bonds. The number of benzene rings is 1. The number of ether oxygens (including phenoxy) is 1. The minimum absolute atomic E-state index is 0.0130. The minimum atomic E-state index is -0.448. The second-order valence-electron chi connectivity index (χ2n) is 3.96. The van der Waals surface area contributed by atoms with Crippen LogP contribution in [0.2, 0.25) is 0 Å². The lowest BCUT2D eigenvalue weighted by molar-refractivity contribution is -0.384. The molecule has 2 rings (SSSR count). The monoisotopic (exact) mass is 262 g/mol. The summed E-state index contributed by atoms with van der Waals surface area (Å²) >= 11 is 0. The molecule has 0 fully saturated rings. The highest BCUT2D eigenvalue weighted by atomic mass is 16.6. The lowest BCUT2D eigenvalue weighted by Crippen LogP contribution is -2.09. The summed E-state index contributed by atoms with van der Waals surface area (Å²) in [6.07, 6.45) is 3.44. The number of hydrogen-bond acceptors (Lipinski definition) is 5. The van der Waals surface area contributed by atoms with Gasteiger partial charge in [-0.25, -0.2) is 0 Å². The summed E-state index contributed by atoms with van der Waals surface area (Å²) in [4.78, 5) is 10.4. The first-order valence-corrected chi connectivity index (χ1v) is 5.70. The van der Waals surface area contributed by atoms with Crippen LogP contribution in [0.1, 0.15) is 0 Å². The van der Waals surface area contributed by atoms with Crippen molar-refractivity contribution < 1.29 is 9.66 Å². The first-order chi connectivity index (χ1) is 9.13. The second-order valence-corrected chi connectivity index (χ2v) is 3.96. The Kier molecular flexibility index (Phi) is 3.76. The highest BCUT2D eigenvalue weighted by Crippen LogP contribution is 2.29. The predicted molar refractivity (Wildman–Crippen MR) is 69.9 cm³/mol. The van der Waals surface area contributed by atoms with Crippen molar-refractivity contribution in [1.82, 2.24) is 9.78 Å². The van der Waals surface area contributed by atoms with Crippen molar-refractivity contribution in [2.24, 2.45) is 5.73 Å². The molecule has 0 saturated carbocycles. The van der Waals surface area contributed by atoms with Crippen LogP contribution >= 0.6 is 0 Å². The maximum Gasteiger partial charge on any atom is 0.273 e. The van der Waals surface area contributed by atoms with E-state index in [9.17, 15) is 10.1 Å². The van der Waals surface area contributed by atoms with Crippen LogP contribution in [0.4, 0.5) is 5.69 Å². The van der Waals surface area contributed by atoms with Crippen LogP contribution in [0.25, 0.3) is 11.1 Å². The molecule has 100 valence electrons. The maximum absolute atomic E-state index is 10.9. The van der Waals surface area contributed by atoms with Gasteiger partial charge in [-0.15, -0.1) is 0 Å². The third-order valence-electron chi connectivity index (χ3n) is 2.66. The Morgan fingerprint density at radius 2 is 2.21 bits per heavy atom. The lowest BCUT2D eigenvalue weighted by atomic mass is 10.1. The van der Waals surface area contributed by atoms with Gasteiger partial charge < -0.3 is 10.5 Å². The maximum atomic E-state index is 10.9. The molecule has 0 saturated heterocycles. The molecule has 2 N–H and O–H groups in total. The van der Waals surface area contributed by atoms with Gasteiger partial charge in [-0.2, -0.15) is 5.10 Å². The Morgan fingerprint density at radius 1 is 1.42 bits per heavy atom. The average Bonchev–Trinajstić information content (AvgIpc) is 2.87. The van der Waals surface area contributed by atoms with E-state index in [2.05, 4.69) is 5.10 Å². The van der Waals surface area contributed by atoms with Crippen LogP contribution in [0.5, 0.6) is 5.75 Å². The van der Waals surface area contributed by atoms with Crippen LogP contribution < -0.4 is 10.5 Å². The SMILES string of the molecule is COc1cc(-c2cnn(CCN)c2)cc([N+](=O)[O-])c1. The molecule has 0 aliphatic heterocycles. The molecule has 7 nitrogen and oxygen atoms in total. The van der Waals surface area contributed by atoms with Gasteiger partial charge in [0.1, 0.15) is 5.75 Å². The topological polar surface area (TPSA) is 96.2 Å². The molecule has 0 aliphatic rings. The van der Waals surface area contributed by atoms with Crippen molar-refractivity contribution in [2.75, 3.05) is 13.7 Å². The number of nitrogens with two attached hydrogens (primary N) is 1. The van der Waals surface area contributed by atoms with Gasteiger partial charge in [0.15, 0.2) is 0 Å². The van der Waals surface area contributed by atoms with E-state index in [-0.39, 0.29) is 5.69 Å². The molecule has 0 bridgehead atoms. The largest absolute Gasteiger partial charge is 0.496 e.